The third kappa shape index (κ3) is 6.06. The van der Waals surface area contributed by atoms with Gasteiger partial charge in [-0.3, -0.25) is 9.59 Å². The Balaban J connectivity index is 1.69. The number of amides is 2. The van der Waals surface area contributed by atoms with E-state index in [2.05, 4.69) is 16.7 Å². The summed E-state index contributed by atoms with van der Waals surface area (Å²) in [5.41, 5.74) is 2.06. The van der Waals surface area contributed by atoms with Crippen molar-refractivity contribution >= 4 is 41.0 Å². The van der Waals surface area contributed by atoms with Gasteiger partial charge in [0.05, 0.1) is 29.0 Å². The van der Waals surface area contributed by atoms with E-state index >= 15 is 0 Å². The molecule has 1 atom stereocenters. The van der Waals surface area contributed by atoms with Crippen LogP contribution in [0.1, 0.15) is 24.8 Å². The minimum absolute atomic E-state index is 0.0755. The molecule has 3 rings (SSSR count). The Hall–Kier alpha value is -2.89. The van der Waals surface area contributed by atoms with Crippen LogP contribution in [0, 0.1) is 11.3 Å². The van der Waals surface area contributed by atoms with Crippen molar-refractivity contribution in [2.45, 2.75) is 24.2 Å². The number of hydrogen-bond acceptors (Lipinski definition) is 6. The van der Waals surface area contributed by atoms with Crippen molar-refractivity contribution in [3.8, 4) is 11.8 Å². The van der Waals surface area contributed by atoms with Gasteiger partial charge in [0.25, 0.3) is 0 Å². The molecule has 160 valence electrons. The number of carbonyl (C=O) groups excluding carboxylic acids is 2. The first-order valence-electron chi connectivity index (χ1n) is 9.77. The quantitative estimate of drug-likeness (QED) is 0.571. The molecular formula is C23H23N3O3S2. The second-order valence-corrected chi connectivity index (χ2v) is 8.59. The van der Waals surface area contributed by atoms with Crippen molar-refractivity contribution in [1.82, 2.24) is 5.32 Å². The number of nitrogens with one attached hydrogen (secondary N) is 2. The zero-order valence-electron chi connectivity index (χ0n) is 17.3. The van der Waals surface area contributed by atoms with Gasteiger partial charge in [-0.15, -0.1) is 11.8 Å². The van der Waals surface area contributed by atoms with Crippen LogP contribution in [-0.2, 0) is 9.59 Å². The van der Waals surface area contributed by atoms with Crippen LogP contribution in [0.15, 0.2) is 64.0 Å². The van der Waals surface area contributed by atoms with Crippen molar-refractivity contribution < 1.29 is 14.3 Å². The number of nitriles is 1. The van der Waals surface area contributed by atoms with Crippen LogP contribution in [0.5, 0.6) is 5.75 Å². The van der Waals surface area contributed by atoms with E-state index in [1.54, 1.807) is 36.0 Å². The molecule has 0 saturated heterocycles. The number of carbonyl (C=O) groups is 2. The second-order valence-electron chi connectivity index (χ2n) is 6.73. The summed E-state index contributed by atoms with van der Waals surface area (Å²) in [4.78, 5) is 25.8. The number of allylic oxidation sites excluding steroid dienone is 1. The van der Waals surface area contributed by atoms with Gasteiger partial charge in [0.2, 0.25) is 11.8 Å². The second kappa shape index (κ2) is 10.9. The number of anilines is 1. The van der Waals surface area contributed by atoms with E-state index in [-0.39, 0.29) is 29.9 Å². The van der Waals surface area contributed by atoms with E-state index in [0.29, 0.717) is 22.9 Å². The Morgan fingerprint density at radius 3 is 2.55 bits per heavy atom. The van der Waals surface area contributed by atoms with Crippen LogP contribution in [0.25, 0.3) is 0 Å². The third-order valence-electron chi connectivity index (χ3n) is 4.67. The maximum Gasteiger partial charge on any atom is 0.234 e. The van der Waals surface area contributed by atoms with Crippen LogP contribution in [0.3, 0.4) is 0 Å². The summed E-state index contributed by atoms with van der Waals surface area (Å²) in [7, 11) is 0. The number of nitrogens with zero attached hydrogens (tertiary/aromatic N) is 1. The molecule has 1 aliphatic rings. The monoisotopic (exact) mass is 453 g/mol. The smallest absolute Gasteiger partial charge is 0.234 e. The molecule has 1 aliphatic heterocycles. The summed E-state index contributed by atoms with van der Waals surface area (Å²) in [5.74, 6) is 0.116. The van der Waals surface area contributed by atoms with E-state index in [1.807, 2.05) is 37.4 Å². The fourth-order valence-corrected chi connectivity index (χ4v) is 4.48. The molecule has 2 aromatic rings. The lowest BCUT2D eigenvalue weighted by Gasteiger charge is -2.25. The van der Waals surface area contributed by atoms with Gasteiger partial charge in [-0.1, -0.05) is 23.9 Å². The van der Waals surface area contributed by atoms with Gasteiger partial charge in [-0.25, -0.2) is 0 Å². The van der Waals surface area contributed by atoms with E-state index in [4.69, 9.17) is 4.74 Å². The number of thioether (sulfide) groups is 2. The van der Waals surface area contributed by atoms with Crippen molar-refractivity contribution in [2.24, 2.45) is 0 Å². The zero-order valence-corrected chi connectivity index (χ0v) is 18.9. The summed E-state index contributed by atoms with van der Waals surface area (Å²) in [6, 6.07) is 17.2. The van der Waals surface area contributed by atoms with Gasteiger partial charge in [0, 0.05) is 22.9 Å². The summed E-state index contributed by atoms with van der Waals surface area (Å²) >= 11 is 2.80. The molecule has 0 aromatic heterocycles. The topological polar surface area (TPSA) is 91.2 Å². The normalized spacial score (nSPS) is 15.8. The average Bonchev–Trinajstić information content (AvgIpc) is 2.79. The molecule has 31 heavy (non-hydrogen) atoms. The molecule has 8 heteroatoms. The Bertz CT molecular complexity index is 1010. The van der Waals surface area contributed by atoms with Gasteiger partial charge in [0.1, 0.15) is 5.75 Å². The van der Waals surface area contributed by atoms with Crippen LogP contribution in [0.2, 0.25) is 0 Å². The van der Waals surface area contributed by atoms with Crippen LogP contribution in [-0.4, -0.2) is 30.4 Å². The van der Waals surface area contributed by atoms with Crippen molar-refractivity contribution in [2.75, 3.05) is 23.9 Å². The molecule has 2 amide bonds. The summed E-state index contributed by atoms with van der Waals surface area (Å²) < 4.78 is 5.39. The van der Waals surface area contributed by atoms with Crippen LogP contribution >= 0.6 is 23.5 Å². The molecule has 0 unspecified atom stereocenters. The molecular weight excluding hydrogens is 430 g/mol. The maximum absolute atomic E-state index is 12.4. The standard InChI is InChI=1S/C23H23N3O3S2/c1-3-29-17-8-6-16(7-9-17)25-22(28)14-31-23-20(13-24)19(12-21(27)26-23)15-4-10-18(30-2)11-5-15/h4-11,19H,3,12,14H2,1-2H3,(H,25,28)(H,26,27)/t19-/m1/s1. The molecule has 1 heterocycles. The molecule has 0 fully saturated rings. The molecule has 0 bridgehead atoms. The predicted octanol–water partition coefficient (Wildman–Crippen LogP) is 4.52. The Morgan fingerprint density at radius 2 is 1.94 bits per heavy atom. The number of ether oxygens (including phenoxy) is 1. The highest BCUT2D eigenvalue weighted by atomic mass is 32.2. The van der Waals surface area contributed by atoms with E-state index in [9.17, 15) is 14.9 Å². The molecule has 0 spiro atoms. The molecule has 0 aliphatic carbocycles. The molecule has 0 saturated carbocycles. The van der Waals surface area contributed by atoms with E-state index in [0.717, 1.165) is 28.0 Å². The highest BCUT2D eigenvalue weighted by Gasteiger charge is 2.29. The molecule has 2 N–H and O–H groups in total. The fraction of sp³-hybridized carbons (Fsp3) is 0.261. The molecule has 0 radical (unpaired) electrons. The highest BCUT2D eigenvalue weighted by molar-refractivity contribution is 8.03. The van der Waals surface area contributed by atoms with Gasteiger partial charge in [-0.05, 0) is 55.1 Å². The lowest BCUT2D eigenvalue weighted by atomic mass is 9.87. The summed E-state index contributed by atoms with van der Waals surface area (Å²) in [6.07, 6.45) is 2.21. The number of hydrogen-bond donors (Lipinski definition) is 2. The summed E-state index contributed by atoms with van der Waals surface area (Å²) in [6.45, 7) is 2.48. The van der Waals surface area contributed by atoms with Gasteiger partial charge < -0.3 is 15.4 Å². The SMILES string of the molecule is CCOc1ccc(NC(=O)CSC2=C(C#N)[C@@H](c3ccc(SC)cc3)CC(=O)N2)cc1. The molecule has 6 nitrogen and oxygen atoms in total. The number of benzene rings is 2. The largest absolute Gasteiger partial charge is 0.494 e. The third-order valence-corrected chi connectivity index (χ3v) is 6.43. The fourth-order valence-electron chi connectivity index (χ4n) is 3.19. The minimum Gasteiger partial charge on any atom is -0.494 e. The first kappa shape index (κ1) is 22.8. The van der Waals surface area contributed by atoms with Crippen molar-refractivity contribution in [3.05, 3.63) is 64.7 Å². The van der Waals surface area contributed by atoms with Crippen LogP contribution < -0.4 is 15.4 Å². The summed E-state index contributed by atoms with van der Waals surface area (Å²) in [5, 5.41) is 15.8. The average molecular weight is 454 g/mol. The van der Waals surface area contributed by atoms with Crippen molar-refractivity contribution in [3.63, 3.8) is 0 Å². The Morgan fingerprint density at radius 1 is 1.23 bits per heavy atom. The number of rotatable bonds is 8. The lowest BCUT2D eigenvalue weighted by molar-refractivity contribution is -0.121. The first-order chi connectivity index (χ1) is 15.0. The van der Waals surface area contributed by atoms with Gasteiger partial charge in [-0.2, -0.15) is 5.26 Å². The zero-order chi connectivity index (χ0) is 22.2. The van der Waals surface area contributed by atoms with Crippen molar-refractivity contribution in [1.29, 1.82) is 5.26 Å². The lowest BCUT2D eigenvalue weighted by Crippen LogP contribution is -2.31. The minimum atomic E-state index is -0.314. The van der Waals surface area contributed by atoms with Gasteiger partial charge >= 0.3 is 0 Å². The van der Waals surface area contributed by atoms with E-state index < -0.39 is 0 Å². The van der Waals surface area contributed by atoms with Gasteiger partial charge in [0.15, 0.2) is 0 Å². The van der Waals surface area contributed by atoms with E-state index in [1.165, 1.54) is 0 Å². The van der Waals surface area contributed by atoms with Crippen LogP contribution in [0.4, 0.5) is 5.69 Å². The first-order valence-corrected chi connectivity index (χ1v) is 12.0. The molecule has 2 aromatic carbocycles. The highest BCUT2D eigenvalue weighted by Crippen LogP contribution is 2.36. The Kier molecular flexibility index (Phi) is 8.04. The maximum atomic E-state index is 12.4. The Labute approximate surface area is 190 Å². The predicted molar refractivity (Wildman–Crippen MR) is 125 cm³/mol.